The summed E-state index contributed by atoms with van der Waals surface area (Å²) in [4.78, 5) is 97.8. The minimum absolute atomic E-state index is 0.510. The Balaban J connectivity index is 1.62. The maximum absolute atomic E-state index is 12.5. The van der Waals surface area contributed by atoms with Crippen molar-refractivity contribution in [3.05, 3.63) is 154 Å². The fourth-order valence-corrected chi connectivity index (χ4v) is 6.15. The number of hydrogen-bond acceptors (Lipinski definition) is 13. The summed E-state index contributed by atoms with van der Waals surface area (Å²) in [6, 6.07) is 19.7. The van der Waals surface area contributed by atoms with Crippen LogP contribution in [-0.2, 0) is 0 Å². The van der Waals surface area contributed by atoms with E-state index in [1.807, 2.05) is 0 Å². The topological polar surface area (TPSA) is 345 Å². The van der Waals surface area contributed by atoms with Crippen molar-refractivity contribution >= 4 is 47.8 Å². The third-order valence-electron chi connectivity index (χ3n) is 8.85. The summed E-state index contributed by atoms with van der Waals surface area (Å²) in [7, 11) is 0. The van der Waals surface area contributed by atoms with E-state index in [0.717, 1.165) is 97.1 Å². The summed E-state index contributed by atoms with van der Waals surface area (Å²) in [5, 5.41) is 79.3. The molecule has 0 bridgehead atoms. The lowest BCUT2D eigenvalue weighted by molar-refractivity contribution is 0.0648. The molecule has 0 heterocycles. The molecule has 65 heavy (non-hydrogen) atoms. The van der Waals surface area contributed by atoms with E-state index in [1.54, 1.807) is 0 Å². The third-order valence-corrected chi connectivity index (χ3v) is 8.85. The van der Waals surface area contributed by atoms with E-state index in [9.17, 15) is 79.2 Å². The van der Waals surface area contributed by atoms with Gasteiger partial charge in [0, 0.05) is 0 Å². The van der Waals surface area contributed by atoms with Crippen LogP contribution in [0.2, 0.25) is 0 Å². The van der Waals surface area contributed by atoms with Gasteiger partial charge in [0.2, 0.25) is 11.5 Å². The molecule has 0 fully saturated rings. The second-order valence-electron chi connectivity index (χ2n) is 12.8. The van der Waals surface area contributed by atoms with Gasteiger partial charge in [0.25, 0.3) is 0 Å². The van der Waals surface area contributed by atoms with Gasteiger partial charge in [-0.05, 0) is 72.8 Å². The van der Waals surface area contributed by atoms with Crippen molar-refractivity contribution in [2.45, 2.75) is 0 Å². The van der Waals surface area contributed by atoms with Crippen molar-refractivity contribution in [1.29, 1.82) is 0 Å². The fourth-order valence-electron chi connectivity index (χ4n) is 6.15. The van der Waals surface area contributed by atoms with Crippen LogP contribution in [-0.4, -0.2) is 88.6 Å². The molecular formula is C44H26O21. The smallest absolute Gasteiger partial charge is 0.340 e. The van der Waals surface area contributed by atoms with E-state index >= 15 is 0 Å². The maximum Gasteiger partial charge on any atom is 0.340 e. The average molecular weight is 891 g/mol. The summed E-state index contributed by atoms with van der Waals surface area (Å²) in [5.74, 6) is -19.6. The van der Waals surface area contributed by atoms with Crippen LogP contribution in [0.25, 0.3) is 0 Å². The molecule has 21 heteroatoms. The lowest BCUT2D eigenvalue weighted by Gasteiger charge is -2.21. The quantitative estimate of drug-likeness (QED) is 0.0402. The Labute approximate surface area is 361 Å². The first-order chi connectivity index (χ1) is 30.9. The molecular weight excluding hydrogens is 864 g/mol. The van der Waals surface area contributed by atoms with Gasteiger partial charge >= 0.3 is 47.8 Å². The molecule has 328 valence electrons. The molecule has 0 aliphatic carbocycles. The zero-order valence-electron chi connectivity index (χ0n) is 32.3. The third kappa shape index (κ3) is 9.23. The highest BCUT2D eigenvalue weighted by molar-refractivity contribution is 6.06. The number of hydrogen-bond donors (Lipinski definition) is 8. The maximum atomic E-state index is 12.5. The zero-order valence-corrected chi connectivity index (χ0v) is 32.3. The highest BCUT2D eigenvalue weighted by atomic mass is 16.6. The summed E-state index contributed by atoms with van der Waals surface area (Å²) in [6.07, 6.45) is 0. The van der Waals surface area contributed by atoms with Gasteiger partial charge in [-0.1, -0.05) is 36.4 Å². The Kier molecular flexibility index (Phi) is 12.6. The van der Waals surface area contributed by atoms with Crippen LogP contribution in [0.15, 0.2) is 109 Å². The first-order valence-electron chi connectivity index (χ1n) is 17.9. The lowest BCUT2D eigenvalue weighted by atomic mass is 10.1. The molecule has 0 radical (unpaired) electrons. The van der Waals surface area contributed by atoms with Crippen molar-refractivity contribution in [1.82, 2.24) is 0 Å². The molecule has 8 N–H and O–H groups in total. The standard InChI is InChI=1S/C44H26O21/c45-37(46)19-7-1-11-23(31(19)41(53)54)61-27-15-5-17-29(35(27)64-25-13-3-9-21(39(49)50)33(25)43(57)58)63-30-18-6-16-28(62-24-12-2-8-20(38(47)48)32(24)42(55)56)36(30)65-26-14-4-10-22(40(51)52)34(26)44(59)60/h1-18H,(H,45,46)(H,47,48)(H,49,50)(H,51,52)(H,53,54)(H,55,56)(H,57,58)(H,59,60). The minimum atomic E-state index is -1.78. The van der Waals surface area contributed by atoms with Crippen LogP contribution < -0.4 is 23.7 Å². The molecule has 0 saturated heterocycles. The van der Waals surface area contributed by atoms with E-state index in [-0.39, 0.29) is 0 Å². The molecule has 0 unspecified atom stereocenters. The van der Waals surface area contributed by atoms with Gasteiger partial charge in [0.05, 0.1) is 22.3 Å². The minimum Gasteiger partial charge on any atom is -0.478 e. The summed E-state index contributed by atoms with van der Waals surface area (Å²) < 4.78 is 30.0. The van der Waals surface area contributed by atoms with Crippen molar-refractivity contribution in [2.75, 3.05) is 0 Å². The van der Waals surface area contributed by atoms with Crippen molar-refractivity contribution in [3.63, 3.8) is 0 Å². The van der Waals surface area contributed by atoms with Crippen molar-refractivity contribution in [2.24, 2.45) is 0 Å². The zero-order chi connectivity index (χ0) is 47.3. The lowest BCUT2D eigenvalue weighted by Crippen LogP contribution is -2.11. The molecule has 0 atom stereocenters. The van der Waals surface area contributed by atoms with Gasteiger partial charge in [-0.25, -0.2) is 38.4 Å². The molecule has 0 aromatic heterocycles. The van der Waals surface area contributed by atoms with E-state index in [4.69, 9.17) is 23.7 Å². The molecule has 21 nitrogen and oxygen atoms in total. The van der Waals surface area contributed by atoms with Crippen LogP contribution in [0, 0.1) is 0 Å². The highest BCUT2D eigenvalue weighted by Crippen LogP contribution is 2.50. The fraction of sp³-hybridized carbons (Fsp3) is 0. The Morgan fingerprint density at radius 2 is 0.431 bits per heavy atom. The summed E-state index contributed by atoms with van der Waals surface area (Å²) in [5.41, 5.74) is -6.39. The van der Waals surface area contributed by atoms with Gasteiger partial charge in [0.15, 0.2) is 23.0 Å². The van der Waals surface area contributed by atoms with E-state index < -0.39 is 150 Å². The van der Waals surface area contributed by atoms with Crippen LogP contribution in [0.4, 0.5) is 0 Å². The largest absolute Gasteiger partial charge is 0.478 e. The van der Waals surface area contributed by atoms with Crippen LogP contribution in [0.1, 0.15) is 82.9 Å². The molecule has 0 aliphatic rings. The van der Waals surface area contributed by atoms with E-state index in [1.165, 1.54) is 12.1 Å². The predicted molar refractivity (Wildman–Crippen MR) is 215 cm³/mol. The Morgan fingerprint density at radius 3 is 0.646 bits per heavy atom. The normalized spacial score (nSPS) is 10.5. The first-order valence-corrected chi connectivity index (χ1v) is 17.9. The first kappa shape index (κ1) is 44.6. The van der Waals surface area contributed by atoms with Crippen LogP contribution in [0.3, 0.4) is 0 Å². The van der Waals surface area contributed by atoms with Gasteiger partial charge in [0.1, 0.15) is 45.3 Å². The van der Waals surface area contributed by atoms with Gasteiger partial charge in [-0.2, -0.15) is 0 Å². The van der Waals surface area contributed by atoms with Crippen molar-refractivity contribution in [3.8, 4) is 57.5 Å². The molecule has 0 saturated carbocycles. The number of carboxylic acid groups (broad SMARTS) is 8. The molecule has 6 aromatic carbocycles. The average Bonchev–Trinajstić information content (AvgIpc) is 3.24. The Bertz CT molecular complexity index is 2800. The van der Waals surface area contributed by atoms with E-state index in [0.29, 0.717) is 0 Å². The van der Waals surface area contributed by atoms with Crippen LogP contribution >= 0.6 is 0 Å². The summed E-state index contributed by atoms with van der Waals surface area (Å²) >= 11 is 0. The molecule has 0 aliphatic heterocycles. The number of carbonyl (C=O) groups is 8. The number of rotatable bonds is 18. The van der Waals surface area contributed by atoms with Crippen LogP contribution in [0.5, 0.6) is 57.5 Å². The van der Waals surface area contributed by atoms with E-state index in [2.05, 4.69) is 0 Å². The second-order valence-corrected chi connectivity index (χ2v) is 12.8. The number of aromatic carboxylic acids is 8. The summed E-state index contributed by atoms with van der Waals surface area (Å²) in [6.45, 7) is 0. The Morgan fingerprint density at radius 1 is 0.246 bits per heavy atom. The number of ether oxygens (including phenoxy) is 5. The van der Waals surface area contributed by atoms with Gasteiger partial charge < -0.3 is 64.5 Å². The van der Waals surface area contributed by atoms with Gasteiger partial charge in [-0.15, -0.1) is 0 Å². The predicted octanol–water partition coefficient (Wildman–Crippen LogP) is 8.23. The van der Waals surface area contributed by atoms with Crippen molar-refractivity contribution < 1.29 is 103 Å². The Hall–Kier alpha value is -9.92. The molecule has 6 aromatic rings. The second kappa shape index (κ2) is 18.4. The van der Waals surface area contributed by atoms with Gasteiger partial charge in [-0.3, -0.25) is 0 Å². The highest BCUT2D eigenvalue weighted by Gasteiger charge is 2.30. The molecule has 0 spiro atoms. The number of benzene rings is 6. The number of para-hydroxylation sites is 2. The number of carboxylic acids is 8. The monoisotopic (exact) mass is 890 g/mol. The molecule has 6 rings (SSSR count). The SMILES string of the molecule is O=C(O)c1cccc(Oc2cccc(Oc3cccc(Oc4cccc(C(=O)O)c4C(=O)O)c3Oc3cccc(C(=O)O)c3C(=O)O)c2Oc2cccc(C(=O)O)c2C(=O)O)c1C(=O)O. The molecule has 0 amide bonds.